The second kappa shape index (κ2) is 3.42. The molecule has 0 aliphatic rings. The topological polar surface area (TPSA) is 22.1 Å². The molecule has 1 heterocycles. The SMILES string of the molecule is FC(F)(F)Oc1cccc2c[c]cnc12. The zero-order valence-corrected chi connectivity index (χ0v) is 7.38. The number of aromatic nitrogens is 1. The van der Waals surface area contributed by atoms with Crippen molar-refractivity contribution in [3.05, 3.63) is 36.5 Å². The number of hydrogen-bond acceptors (Lipinski definition) is 2. The second-order valence-electron chi connectivity index (χ2n) is 2.81. The van der Waals surface area contributed by atoms with Gasteiger partial charge in [0.1, 0.15) is 5.52 Å². The van der Waals surface area contributed by atoms with E-state index in [0.29, 0.717) is 5.39 Å². The van der Waals surface area contributed by atoms with Crippen LogP contribution < -0.4 is 4.74 Å². The third-order valence-electron chi connectivity index (χ3n) is 1.76. The highest BCUT2D eigenvalue weighted by Gasteiger charge is 2.31. The van der Waals surface area contributed by atoms with E-state index in [2.05, 4.69) is 15.8 Å². The lowest BCUT2D eigenvalue weighted by Crippen LogP contribution is -2.17. The quantitative estimate of drug-likeness (QED) is 0.725. The Balaban J connectivity index is 2.52. The lowest BCUT2D eigenvalue weighted by atomic mass is 10.2. The molecule has 0 spiro atoms. The van der Waals surface area contributed by atoms with E-state index in [1.54, 1.807) is 12.1 Å². The molecule has 0 saturated heterocycles. The highest BCUT2D eigenvalue weighted by atomic mass is 19.4. The van der Waals surface area contributed by atoms with Crippen molar-refractivity contribution in [3.8, 4) is 5.75 Å². The fraction of sp³-hybridized carbons (Fsp3) is 0.100. The first-order chi connectivity index (χ1) is 7.06. The zero-order chi connectivity index (χ0) is 10.9. The Bertz CT molecular complexity index is 476. The molecular formula is C10H5F3NO. The molecule has 2 nitrogen and oxygen atoms in total. The Morgan fingerprint density at radius 2 is 2.07 bits per heavy atom. The van der Waals surface area contributed by atoms with Gasteiger partial charge in [0, 0.05) is 17.6 Å². The number of hydrogen-bond donors (Lipinski definition) is 0. The zero-order valence-electron chi connectivity index (χ0n) is 7.38. The maximum Gasteiger partial charge on any atom is 0.573 e. The van der Waals surface area contributed by atoms with Crippen molar-refractivity contribution >= 4 is 10.9 Å². The summed E-state index contributed by atoms with van der Waals surface area (Å²) in [5.74, 6) is -0.297. The third-order valence-corrected chi connectivity index (χ3v) is 1.76. The first-order valence-corrected chi connectivity index (χ1v) is 4.07. The summed E-state index contributed by atoms with van der Waals surface area (Å²) in [4.78, 5) is 3.78. The molecule has 2 rings (SSSR count). The van der Waals surface area contributed by atoms with E-state index in [9.17, 15) is 13.2 Å². The largest absolute Gasteiger partial charge is 0.573 e. The molecule has 1 aromatic carbocycles. The molecule has 1 radical (unpaired) electrons. The summed E-state index contributed by atoms with van der Waals surface area (Å²) < 4.78 is 39.9. The first kappa shape index (κ1) is 9.76. The molecule has 0 aliphatic carbocycles. The van der Waals surface area contributed by atoms with Crippen LogP contribution in [0.4, 0.5) is 13.2 Å². The van der Waals surface area contributed by atoms with E-state index in [1.807, 2.05) is 0 Å². The minimum absolute atomic E-state index is 0.175. The predicted molar refractivity (Wildman–Crippen MR) is 47.3 cm³/mol. The molecule has 1 aromatic heterocycles. The maximum atomic E-state index is 12.0. The molecule has 0 N–H and O–H groups in total. The lowest BCUT2D eigenvalue weighted by Gasteiger charge is -2.09. The van der Waals surface area contributed by atoms with Crippen LogP contribution >= 0.6 is 0 Å². The van der Waals surface area contributed by atoms with E-state index >= 15 is 0 Å². The fourth-order valence-corrected chi connectivity index (χ4v) is 1.23. The minimum Gasteiger partial charge on any atom is -0.403 e. The standard InChI is InChI=1S/C10H5F3NO/c11-10(12,13)15-8-5-1-3-7-4-2-6-14-9(7)8/h1,3-6H. The van der Waals surface area contributed by atoms with Crippen molar-refractivity contribution in [2.75, 3.05) is 0 Å². The number of ether oxygens (including phenoxy) is 1. The van der Waals surface area contributed by atoms with Crippen molar-refractivity contribution in [2.24, 2.45) is 0 Å². The Morgan fingerprint density at radius 1 is 1.27 bits per heavy atom. The van der Waals surface area contributed by atoms with E-state index < -0.39 is 6.36 Å². The number of fused-ring (bicyclic) bond motifs is 1. The molecule has 0 amide bonds. The van der Waals surface area contributed by atoms with Crippen LogP contribution in [0.1, 0.15) is 0 Å². The Morgan fingerprint density at radius 3 is 2.80 bits per heavy atom. The van der Waals surface area contributed by atoms with E-state index in [0.717, 1.165) is 0 Å². The van der Waals surface area contributed by atoms with Crippen molar-refractivity contribution in [3.63, 3.8) is 0 Å². The van der Waals surface area contributed by atoms with Gasteiger partial charge in [-0.2, -0.15) is 0 Å². The van der Waals surface area contributed by atoms with Crippen molar-refractivity contribution < 1.29 is 17.9 Å². The summed E-state index contributed by atoms with van der Waals surface area (Å²) in [5.41, 5.74) is 0.175. The highest BCUT2D eigenvalue weighted by Crippen LogP contribution is 2.28. The van der Waals surface area contributed by atoms with Crippen LogP contribution in [-0.2, 0) is 0 Å². The molecule has 0 unspecified atom stereocenters. The average Bonchev–Trinajstić information content (AvgIpc) is 2.16. The molecule has 15 heavy (non-hydrogen) atoms. The highest BCUT2D eigenvalue weighted by molar-refractivity contribution is 5.83. The number of pyridine rings is 1. The number of para-hydroxylation sites is 1. The third kappa shape index (κ3) is 2.18. The minimum atomic E-state index is -4.70. The van der Waals surface area contributed by atoms with Gasteiger partial charge in [-0.1, -0.05) is 12.1 Å². The van der Waals surface area contributed by atoms with E-state index in [1.165, 1.54) is 18.3 Å². The summed E-state index contributed by atoms with van der Waals surface area (Å²) in [7, 11) is 0. The van der Waals surface area contributed by atoms with Gasteiger partial charge >= 0.3 is 6.36 Å². The molecule has 0 bridgehead atoms. The monoisotopic (exact) mass is 212 g/mol. The molecule has 0 saturated carbocycles. The van der Waals surface area contributed by atoms with Gasteiger partial charge in [0.25, 0.3) is 0 Å². The molecule has 0 atom stereocenters. The van der Waals surface area contributed by atoms with Gasteiger partial charge in [0.2, 0.25) is 0 Å². The molecule has 77 valence electrons. The number of rotatable bonds is 1. The summed E-state index contributed by atoms with van der Waals surface area (Å²) in [6.45, 7) is 0. The van der Waals surface area contributed by atoms with Crippen LogP contribution in [0.15, 0.2) is 30.5 Å². The summed E-state index contributed by atoms with van der Waals surface area (Å²) in [6, 6.07) is 8.56. The van der Waals surface area contributed by atoms with Crippen LogP contribution in [0.25, 0.3) is 10.9 Å². The van der Waals surface area contributed by atoms with Gasteiger partial charge in [-0.25, -0.2) is 0 Å². The van der Waals surface area contributed by atoms with E-state index in [4.69, 9.17) is 0 Å². The van der Waals surface area contributed by atoms with Gasteiger partial charge in [-0.05, 0) is 12.1 Å². The first-order valence-electron chi connectivity index (χ1n) is 4.07. The number of alkyl halides is 3. The van der Waals surface area contributed by atoms with Gasteiger partial charge in [-0.3, -0.25) is 4.98 Å². The maximum absolute atomic E-state index is 12.0. The smallest absolute Gasteiger partial charge is 0.403 e. The van der Waals surface area contributed by atoms with Crippen LogP contribution in [0, 0.1) is 6.07 Å². The van der Waals surface area contributed by atoms with Gasteiger partial charge in [0.15, 0.2) is 5.75 Å². The second-order valence-corrected chi connectivity index (χ2v) is 2.81. The number of nitrogens with zero attached hydrogens (tertiary/aromatic N) is 1. The Hall–Kier alpha value is -1.78. The van der Waals surface area contributed by atoms with E-state index in [-0.39, 0.29) is 11.3 Å². The van der Waals surface area contributed by atoms with Crippen molar-refractivity contribution in [1.29, 1.82) is 0 Å². The molecule has 0 aliphatic heterocycles. The lowest BCUT2D eigenvalue weighted by molar-refractivity contribution is -0.274. The number of halogens is 3. The summed E-state index contributed by atoms with van der Waals surface area (Å²) in [6.07, 6.45) is -3.40. The van der Waals surface area contributed by atoms with Gasteiger partial charge in [0.05, 0.1) is 0 Å². The van der Waals surface area contributed by atoms with Crippen LogP contribution in [0.3, 0.4) is 0 Å². The van der Waals surface area contributed by atoms with Crippen molar-refractivity contribution in [2.45, 2.75) is 6.36 Å². The molecule has 5 heteroatoms. The average molecular weight is 212 g/mol. The van der Waals surface area contributed by atoms with Crippen molar-refractivity contribution in [1.82, 2.24) is 4.98 Å². The Labute approximate surface area is 83.3 Å². The molecule has 0 fully saturated rings. The molecule has 2 aromatic rings. The Kier molecular flexibility index (Phi) is 2.22. The normalized spacial score (nSPS) is 11.7. The van der Waals surface area contributed by atoms with Crippen LogP contribution in [0.5, 0.6) is 5.75 Å². The number of benzene rings is 1. The fourth-order valence-electron chi connectivity index (χ4n) is 1.23. The van der Waals surface area contributed by atoms with Crippen LogP contribution in [-0.4, -0.2) is 11.3 Å². The summed E-state index contributed by atoms with van der Waals surface area (Å²) >= 11 is 0. The predicted octanol–water partition coefficient (Wildman–Crippen LogP) is 2.93. The molecular weight excluding hydrogens is 207 g/mol. The van der Waals surface area contributed by atoms with Gasteiger partial charge < -0.3 is 4.74 Å². The van der Waals surface area contributed by atoms with Gasteiger partial charge in [-0.15, -0.1) is 13.2 Å². The van der Waals surface area contributed by atoms with Crippen LogP contribution in [0.2, 0.25) is 0 Å². The summed E-state index contributed by atoms with van der Waals surface area (Å²) in [5, 5.41) is 0.555.